The molecule has 20 heavy (non-hydrogen) atoms. The molecule has 2 N–H and O–H groups in total. The van der Waals surface area contributed by atoms with Gasteiger partial charge in [-0.25, -0.2) is 0 Å². The third-order valence-electron chi connectivity index (χ3n) is 2.67. The van der Waals surface area contributed by atoms with E-state index in [1.807, 2.05) is 6.92 Å². The van der Waals surface area contributed by atoms with Crippen LogP contribution in [0.1, 0.15) is 13.3 Å². The number of carbonyl (C=O) groups is 1. The lowest BCUT2D eigenvalue weighted by Gasteiger charge is -2.07. The van der Waals surface area contributed by atoms with Gasteiger partial charge in [0.25, 0.3) is 5.69 Å². The summed E-state index contributed by atoms with van der Waals surface area (Å²) in [6, 6.07) is 2.65. The number of anilines is 1. The minimum absolute atomic E-state index is 0.0158. The van der Waals surface area contributed by atoms with Crippen LogP contribution in [0.3, 0.4) is 0 Å². The van der Waals surface area contributed by atoms with Crippen LogP contribution in [0.15, 0.2) is 12.1 Å². The van der Waals surface area contributed by atoms with Crippen molar-refractivity contribution in [3.8, 4) is 11.5 Å². The smallest absolute Gasteiger partial charge is 0.296 e. The first-order valence-corrected chi connectivity index (χ1v) is 6.20. The van der Waals surface area contributed by atoms with E-state index in [-0.39, 0.29) is 30.6 Å². The Bertz CT molecular complexity index is 532. The lowest BCUT2D eigenvalue weighted by molar-refractivity contribution is -0.384. The first kappa shape index (κ1) is 14.1. The van der Waals surface area contributed by atoms with E-state index < -0.39 is 4.92 Å². The standard InChI is InChI=1S/C12H15N3O5/c1-2-3-13-6-12(16)14-8-4-10-11(20-7-19-10)5-9(8)15(17)18/h4-5,13H,2-3,6-7H2,1H3,(H,14,16). The topological polar surface area (TPSA) is 103 Å². The molecule has 1 amide bonds. The highest BCUT2D eigenvalue weighted by atomic mass is 16.7. The van der Waals surface area contributed by atoms with Gasteiger partial charge in [0.15, 0.2) is 11.5 Å². The van der Waals surface area contributed by atoms with Crippen molar-refractivity contribution in [3.63, 3.8) is 0 Å². The molecule has 0 fully saturated rings. The molecule has 0 aromatic heterocycles. The summed E-state index contributed by atoms with van der Waals surface area (Å²) in [4.78, 5) is 22.1. The van der Waals surface area contributed by atoms with Crippen LogP contribution in [0, 0.1) is 10.1 Å². The molecule has 0 saturated carbocycles. The minimum Gasteiger partial charge on any atom is -0.454 e. The number of rotatable bonds is 6. The Morgan fingerprint density at radius 2 is 2.10 bits per heavy atom. The molecule has 2 rings (SSSR count). The fourth-order valence-electron chi connectivity index (χ4n) is 1.76. The van der Waals surface area contributed by atoms with Gasteiger partial charge in [-0.3, -0.25) is 14.9 Å². The highest BCUT2D eigenvalue weighted by Gasteiger charge is 2.24. The third kappa shape index (κ3) is 3.15. The van der Waals surface area contributed by atoms with Crippen molar-refractivity contribution in [2.45, 2.75) is 13.3 Å². The Balaban J connectivity index is 2.13. The maximum Gasteiger partial charge on any atom is 0.296 e. The van der Waals surface area contributed by atoms with E-state index in [2.05, 4.69) is 10.6 Å². The molecule has 0 bridgehead atoms. The van der Waals surface area contributed by atoms with Gasteiger partial charge in [0.05, 0.1) is 17.5 Å². The average Bonchev–Trinajstić information content (AvgIpc) is 2.85. The number of fused-ring (bicyclic) bond motifs is 1. The molecule has 0 saturated heterocycles. The van der Waals surface area contributed by atoms with Crippen LogP contribution >= 0.6 is 0 Å². The van der Waals surface area contributed by atoms with E-state index in [1.54, 1.807) is 0 Å². The quantitative estimate of drug-likeness (QED) is 0.462. The largest absolute Gasteiger partial charge is 0.454 e. The van der Waals surface area contributed by atoms with Crippen molar-refractivity contribution in [1.82, 2.24) is 5.32 Å². The highest BCUT2D eigenvalue weighted by molar-refractivity contribution is 5.95. The first-order valence-electron chi connectivity index (χ1n) is 6.20. The molecule has 8 heteroatoms. The molecule has 0 atom stereocenters. The second kappa shape index (κ2) is 6.20. The molecule has 0 unspecified atom stereocenters. The molecule has 1 aromatic rings. The Labute approximate surface area is 115 Å². The number of carbonyl (C=O) groups excluding carboxylic acids is 1. The summed E-state index contributed by atoms with van der Waals surface area (Å²) < 4.78 is 10.2. The minimum atomic E-state index is -0.572. The number of amides is 1. The molecule has 0 radical (unpaired) electrons. The summed E-state index contributed by atoms with van der Waals surface area (Å²) >= 11 is 0. The number of hydrogen-bond donors (Lipinski definition) is 2. The fraction of sp³-hybridized carbons (Fsp3) is 0.417. The number of nitro benzene ring substituents is 1. The van der Waals surface area contributed by atoms with Gasteiger partial charge >= 0.3 is 0 Å². The van der Waals surface area contributed by atoms with Crippen molar-refractivity contribution in [1.29, 1.82) is 0 Å². The number of ether oxygens (including phenoxy) is 2. The second-order valence-electron chi connectivity index (χ2n) is 4.20. The predicted octanol–water partition coefficient (Wildman–Crippen LogP) is 1.26. The Kier molecular flexibility index (Phi) is 4.36. The maximum absolute atomic E-state index is 11.7. The van der Waals surface area contributed by atoms with Crippen LogP contribution in [0.2, 0.25) is 0 Å². The zero-order valence-electron chi connectivity index (χ0n) is 11.0. The van der Waals surface area contributed by atoms with E-state index in [4.69, 9.17) is 9.47 Å². The van der Waals surface area contributed by atoms with E-state index in [0.717, 1.165) is 6.42 Å². The third-order valence-corrected chi connectivity index (χ3v) is 2.67. The van der Waals surface area contributed by atoms with Gasteiger partial charge in [0, 0.05) is 6.07 Å². The van der Waals surface area contributed by atoms with Crippen molar-refractivity contribution in [2.75, 3.05) is 25.2 Å². The monoisotopic (exact) mass is 281 g/mol. The second-order valence-corrected chi connectivity index (χ2v) is 4.20. The first-order chi connectivity index (χ1) is 9.61. The van der Waals surface area contributed by atoms with Crippen LogP contribution in [-0.4, -0.2) is 30.7 Å². The zero-order chi connectivity index (χ0) is 14.5. The molecule has 1 heterocycles. The van der Waals surface area contributed by atoms with Gasteiger partial charge in [-0.1, -0.05) is 6.92 Å². The highest BCUT2D eigenvalue weighted by Crippen LogP contribution is 2.40. The van der Waals surface area contributed by atoms with Gasteiger partial charge in [0.1, 0.15) is 5.69 Å². The SMILES string of the molecule is CCCNCC(=O)Nc1cc2c(cc1[N+](=O)[O-])OCO2. The molecule has 0 aliphatic carbocycles. The van der Waals surface area contributed by atoms with Crippen molar-refractivity contribution in [3.05, 3.63) is 22.2 Å². The van der Waals surface area contributed by atoms with Gasteiger partial charge in [-0.05, 0) is 13.0 Å². The summed E-state index contributed by atoms with van der Waals surface area (Å²) in [5, 5.41) is 16.4. The number of hydrogen-bond acceptors (Lipinski definition) is 6. The van der Waals surface area contributed by atoms with Crippen LogP contribution in [0.25, 0.3) is 0 Å². The van der Waals surface area contributed by atoms with E-state index in [0.29, 0.717) is 18.0 Å². The Morgan fingerprint density at radius 3 is 2.75 bits per heavy atom. The van der Waals surface area contributed by atoms with Crippen molar-refractivity contribution < 1.29 is 19.2 Å². The summed E-state index contributed by atoms with van der Waals surface area (Å²) in [6.45, 7) is 2.80. The Hall–Kier alpha value is -2.35. The zero-order valence-corrected chi connectivity index (χ0v) is 11.0. The molecule has 0 spiro atoms. The Morgan fingerprint density at radius 1 is 1.40 bits per heavy atom. The molecule has 1 aromatic carbocycles. The molecule has 1 aliphatic rings. The lowest BCUT2D eigenvalue weighted by atomic mass is 10.2. The molecular weight excluding hydrogens is 266 g/mol. The number of nitrogens with one attached hydrogen (secondary N) is 2. The van der Waals surface area contributed by atoms with Crippen LogP contribution < -0.4 is 20.1 Å². The van der Waals surface area contributed by atoms with Gasteiger partial charge in [-0.15, -0.1) is 0 Å². The summed E-state index contributed by atoms with van der Waals surface area (Å²) in [7, 11) is 0. The van der Waals surface area contributed by atoms with Gasteiger partial charge in [0.2, 0.25) is 12.7 Å². The van der Waals surface area contributed by atoms with E-state index >= 15 is 0 Å². The number of benzene rings is 1. The van der Waals surface area contributed by atoms with Crippen LogP contribution in [0.4, 0.5) is 11.4 Å². The van der Waals surface area contributed by atoms with Crippen LogP contribution in [-0.2, 0) is 4.79 Å². The van der Waals surface area contributed by atoms with E-state index in [9.17, 15) is 14.9 Å². The van der Waals surface area contributed by atoms with Crippen LogP contribution in [0.5, 0.6) is 11.5 Å². The normalized spacial score (nSPS) is 12.2. The molecule has 108 valence electrons. The number of nitrogens with zero attached hydrogens (tertiary/aromatic N) is 1. The van der Waals surface area contributed by atoms with E-state index in [1.165, 1.54) is 12.1 Å². The molecule has 1 aliphatic heterocycles. The van der Waals surface area contributed by atoms with Crippen molar-refractivity contribution in [2.24, 2.45) is 0 Å². The lowest BCUT2D eigenvalue weighted by Crippen LogP contribution is -2.28. The predicted molar refractivity (Wildman–Crippen MR) is 71.0 cm³/mol. The van der Waals surface area contributed by atoms with Gasteiger partial charge < -0.3 is 20.1 Å². The molecule has 8 nitrogen and oxygen atoms in total. The summed E-state index contributed by atoms with van der Waals surface area (Å²) in [5.41, 5.74) is -0.124. The molecular formula is C12H15N3O5. The number of nitro groups is 1. The summed E-state index contributed by atoms with van der Waals surface area (Å²) in [6.07, 6.45) is 0.900. The van der Waals surface area contributed by atoms with Gasteiger partial charge in [-0.2, -0.15) is 0 Å². The average molecular weight is 281 g/mol. The summed E-state index contributed by atoms with van der Waals surface area (Å²) in [5.74, 6) is 0.339. The van der Waals surface area contributed by atoms with Crippen molar-refractivity contribution >= 4 is 17.3 Å². The fourth-order valence-corrected chi connectivity index (χ4v) is 1.76. The maximum atomic E-state index is 11.7.